The van der Waals surface area contributed by atoms with Crippen molar-refractivity contribution in [1.82, 2.24) is 8.96 Å². The Hall–Kier alpha value is -2.02. The molecule has 0 N–H and O–H groups in total. The van der Waals surface area contributed by atoms with Crippen molar-refractivity contribution in [2.45, 2.75) is 25.7 Å². The first-order chi connectivity index (χ1) is 10.0. The van der Waals surface area contributed by atoms with E-state index in [1.165, 1.54) is 18.5 Å². The molecule has 0 aliphatic rings. The summed E-state index contributed by atoms with van der Waals surface area (Å²) in [6.45, 7) is 6.10. The van der Waals surface area contributed by atoms with Crippen LogP contribution in [-0.2, 0) is 10.0 Å². The summed E-state index contributed by atoms with van der Waals surface area (Å²) < 4.78 is 37.4. The highest BCUT2D eigenvalue weighted by Gasteiger charge is 2.24. The van der Waals surface area contributed by atoms with Crippen molar-refractivity contribution in [3.05, 3.63) is 36.4 Å². The molecule has 2 rings (SSSR count). The van der Waals surface area contributed by atoms with Crippen molar-refractivity contribution in [1.29, 1.82) is 0 Å². The monoisotopic (exact) mass is 310 g/mol. The number of rotatable bonds is 6. The Labute approximate surface area is 124 Å². The van der Waals surface area contributed by atoms with E-state index >= 15 is 0 Å². The lowest BCUT2D eigenvalue weighted by Crippen LogP contribution is -2.15. The smallest absolute Gasteiger partial charge is 0.272 e. The standard InChI is InChI=1S/C14H18N2O4S/c1-4-19-12-6-7-13(20-5-2)14(10-12)21(17,18)16-9-8-15-11(16)3/h6-10H,4-5H2,1-3H3. The van der Waals surface area contributed by atoms with E-state index in [-0.39, 0.29) is 4.90 Å². The van der Waals surface area contributed by atoms with Crippen LogP contribution >= 0.6 is 0 Å². The van der Waals surface area contributed by atoms with Gasteiger partial charge in [0.2, 0.25) is 0 Å². The summed E-state index contributed by atoms with van der Waals surface area (Å²) in [6.07, 6.45) is 2.85. The minimum Gasteiger partial charge on any atom is -0.494 e. The molecular formula is C14H18N2O4S. The van der Waals surface area contributed by atoms with E-state index in [0.717, 1.165) is 3.97 Å². The Balaban J connectivity index is 2.59. The number of nitrogens with zero attached hydrogens (tertiary/aromatic N) is 2. The second kappa shape index (κ2) is 6.17. The topological polar surface area (TPSA) is 70.4 Å². The van der Waals surface area contributed by atoms with Gasteiger partial charge in [0.05, 0.1) is 13.2 Å². The molecule has 1 aromatic heterocycles. The molecule has 0 fully saturated rings. The molecule has 0 atom stereocenters. The zero-order valence-electron chi connectivity index (χ0n) is 12.2. The minimum atomic E-state index is -3.77. The van der Waals surface area contributed by atoms with Crippen molar-refractivity contribution >= 4 is 10.0 Å². The molecule has 0 bridgehead atoms. The molecule has 1 heterocycles. The van der Waals surface area contributed by atoms with Crippen molar-refractivity contribution in [3.63, 3.8) is 0 Å². The van der Waals surface area contributed by atoms with Crippen LogP contribution in [0.4, 0.5) is 0 Å². The van der Waals surface area contributed by atoms with Gasteiger partial charge in [0.1, 0.15) is 22.2 Å². The predicted molar refractivity (Wildman–Crippen MR) is 78.3 cm³/mol. The minimum absolute atomic E-state index is 0.0661. The Morgan fingerprint density at radius 2 is 1.90 bits per heavy atom. The predicted octanol–water partition coefficient (Wildman–Crippen LogP) is 2.23. The van der Waals surface area contributed by atoms with Crippen LogP contribution in [-0.4, -0.2) is 30.6 Å². The number of benzene rings is 1. The zero-order chi connectivity index (χ0) is 15.5. The largest absolute Gasteiger partial charge is 0.494 e. The van der Waals surface area contributed by atoms with Gasteiger partial charge in [-0.2, -0.15) is 0 Å². The summed E-state index contributed by atoms with van der Waals surface area (Å²) in [5, 5.41) is 0. The second-order valence-corrected chi connectivity index (χ2v) is 6.03. The van der Waals surface area contributed by atoms with Crippen LogP contribution in [0.5, 0.6) is 11.5 Å². The maximum atomic E-state index is 12.8. The van der Waals surface area contributed by atoms with Crippen molar-refractivity contribution in [3.8, 4) is 11.5 Å². The normalized spacial score (nSPS) is 11.4. The highest BCUT2D eigenvalue weighted by Crippen LogP contribution is 2.30. The molecule has 21 heavy (non-hydrogen) atoms. The average Bonchev–Trinajstić information content (AvgIpc) is 2.88. The number of hydrogen-bond acceptors (Lipinski definition) is 5. The lowest BCUT2D eigenvalue weighted by Gasteiger charge is -2.14. The first kappa shape index (κ1) is 15.4. The first-order valence-electron chi connectivity index (χ1n) is 6.65. The van der Waals surface area contributed by atoms with Crippen LogP contribution in [0, 0.1) is 6.92 Å². The molecule has 0 unspecified atom stereocenters. The van der Waals surface area contributed by atoms with Gasteiger partial charge in [-0.15, -0.1) is 0 Å². The Morgan fingerprint density at radius 1 is 1.19 bits per heavy atom. The molecule has 2 aromatic rings. The van der Waals surface area contributed by atoms with Gasteiger partial charge in [-0.05, 0) is 32.9 Å². The third kappa shape index (κ3) is 3.02. The number of hydrogen-bond donors (Lipinski definition) is 0. The Morgan fingerprint density at radius 3 is 2.48 bits per heavy atom. The molecule has 0 saturated heterocycles. The maximum Gasteiger partial charge on any atom is 0.272 e. The molecule has 114 valence electrons. The Bertz CT molecular complexity index is 722. The third-order valence-corrected chi connectivity index (χ3v) is 4.62. The van der Waals surface area contributed by atoms with E-state index in [0.29, 0.717) is 30.5 Å². The van der Waals surface area contributed by atoms with Gasteiger partial charge in [-0.25, -0.2) is 17.4 Å². The van der Waals surface area contributed by atoms with Gasteiger partial charge in [-0.1, -0.05) is 0 Å². The van der Waals surface area contributed by atoms with Gasteiger partial charge >= 0.3 is 0 Å². The summed E-state index contributed by atoms with van der Waals surface area (Å²) in [5.74, 6) is 1.17. The van der Waals surface area contributed by atoms with Crippen LogP contribution in [0.1, 0.15) is 19.7 Å². The molecule has 0 amide bonds. The van der Waals surface area contributed by atoms with E-state index in [1.807, 2.05) is 6.92 Å². The lowest BCUT2D eigenvalue weighted by molar-refractivity contribution is 0.322. The third-order valence-electron chi connectivity index (χ3n) is 2.85. The molecule has 0 aliphatic heterocycles. The molecule has 1 aromatic carbocycles. The van der Waals surface area contributed by atoms with Gasteiger partial charge in [0.15, 0.2) is 0 Å². The van der Waals surface area contributed by atoms with E-state index in [2.05, 4.69) is 4.98 Å². The molecule has 0 radical (unpaired) electrons. The van der Waals surface area contributed by atoms with Gasteiger partial charge in [0.25, 0.3) is 10.0 Å². The van der Waals surface area contributed by atoms with Crippen molar-refractivity contribution in [2.75, 3.05) is 13.2 Å². The quantitative estimate of drug-likeness (QED) is 0.818. The van der Waals surface area contributed by atoms with Crippen LogP contribution in [0.2, 0.25) is 0 Å². The fraction of sp³-hybridized carbons (Fsp3) is 0.357. The fourth-order valence-corrected chi connectivity index (χ4v) is 3.42. The zero-order valence-corrected chi connectivity index (χ0v) is 13.1. The Kier molecular flexibility index (Phi) is 4.52. The van der Waals surface area contributed by atoms with Gasteiger partial charge in [-0.3, -0.25) is 0 Å². The average molecular weight is 310 g/mol. The molecule has 7 heteroatoms. The highest BCUT2D eigenvalue weighted by atomic mass is 32.2. The van der Waals surface area contributed by atoms with Gasteiger partial charge < -0.3 is 9.47 Å². The number of aryl methyl sites for hydroxylation is 1. The summed E-state index contributed by atoms with van der Waals surface area (Å²) in [6, 6.07) is 4.77. The summed E-state index contributed by atoms with van der Waals surface area (Å²) in [4.78, 5) is 4.02. The van der Waals surface area contributed by atoms with Crippen molar-refractivity contribution in [2.24, 2.45) is 0 Å². The van der Waals surface area contributed by atoms with E-state index in [9.17, 15) is 8.42 Å². The molecule has 0 spiro atoms. The first-order valence-corrected chi connectivity index (χ1v) is 8.09. The highest BCUT2D eigenvalue weighted by molar-refractivity contribution is 7.90. The van der Waals surface area contributed by atoms with Crippen LogP contribution < -0.4 is 9.47 Å². The SMILES string of the molecule is CCOc1ccc(OCC)c(S(=O)(=O)n2ccnc2C)c1. The van der Waals surface area contributed by atoms with E-state index in [4.69, 9.17) is 9.47 Å². The molecule has 0 saturated carbocycles. The summed E-state index contributed by atoms with van der Waals surface area (Å²) >= 11 is 0. The van der Waals surface area contributed by atoms with Crippen LogP contribution in [0.3, 0.4) is 0 Å². The van der Waals surface area contributed by atoms with Crippen LogP contribution in [0.25, 0.3) is 0 Å². The number of ether oxygens (including phenoxy) is 2. The molecular weight excluding hydrogens is 292 g/mol. The molecule has 0 aliphatic carbocycles. The number of aromatic nitrogens is 2. The van der Waals surface area contributed by atoms with Gasteiger partial charge in [0, 0.05) is 18.5 Å². The molecule has 6 nitrogen and oxygen atoms in total. The summed E-state index contributed by atoms with van der Waals surface area (Å²) in [5.41, 5.74) is 0. The summed E-state index contributed by atoms with van der Waals surface area (Å²) in [7, 11) is -3.77. The second-order valence-electron chi connectivity index (χ2n) is 4.25. The number of imidazole rings is 1. The maximum absolute atomic E-state index is 12.8. The van der Waals surface area contributed by atoms with E-state index < -0.39 is 10.0 Å². The van der Waals surface area contributed by atoms with Crippen molar-refractivity contribution < 1.29 is 17.9 Å². The van der Waals surface area contributed by atoms with E-state index in [1.54, 1.807) is 26.0 Å². The fourth-order valence-electron chi connectivity index (χ4n) is 1.95. The lowest BCUT2D eigenvalue weighted by atomic mass is 10.3. The van der Waals surface area contributed by atoms with Crippen LogP contribution in [0.15, 0.2) is 35.5 Å².